The molecule has 5 rings (SSSR count). The lowest BCUT2D eigenvalue weighted by molar-refractivity contribution is 0.0730. The quantitative estimate of drug-likeness (QED) is 0.625. The van der Waals surface area contributed by atoms with Gasteiger partial charge in [0.05, 0.1) is 29.6 Å². The lowest BCUT2D eigenvalue weighted by Gasteiger charge is -2.28. The Morgan fingerprint density at radius 2 is 1.81 bits per heavy atom. The van der Waals surface area contributed by atoms with Gasteiger partial charge < -0.3 is 10.5 Å². The molecule has 2 heterocycles. The maximum Gasteiger partial charge on any atom is 0.244 e. The number of nitrogens with zero attached hydrogens (tertiary/aromatic N) is 3. The van der Waals surface area contributed by atoms with Gasteiger partial charge in [-0.05, 0) is 48.2 Å². The molecule has 0 radical (unpaired) electrons. The van der Waals surface area contributed by atoms with Crippen molar-refractivity contribution in [1.82, 2.24) is 14.3 Å². The van der Waals surface area contributed by atoms with Crippen LogP contribution in [0.5, 0.6) is 0 Å². The maximum atomic E-state index is 14.7. The van der Waals surface area contributed by atoms with E-state index in [0.717, 1.165) is 5.56 Å². The first-order valence-corrected chi connectivity index (χ1v) is 12.0. The van der Waals surface area contributed by atoms with Gasteiger partial charge in [0, 0.05) is 24.2 Å². The van der Waals surface area contributed by atoms with Crippen molar-refractivity contribution < 1.29 is 17.5 Å². The molecule has 0 atom stereocenters. The van der Waals surface area contributed by atoms with Crippen molar-refractivity contribution in [2.45, 2.75) is 17.7 Å². The van der Waals surface area contributed by atoms with Crippen LogP contribution in [0.3, 0.4) is 0 Å². The first-order valence-electron chi connectivity index (χ1n) is 10.2. The monoisotopic (exact) mass is 474 g/mol. The number of hydrogen-bond donors (Lipinski definition) is 1. The largest absolute Gasteiger partial charge is 0.379 e. The molecule has 1 aliphatic heterocycles. The second-order valence-electron chi connectivity index (χ2n) is 7.69. The molecule has 0 amide bonds. The van der Waals surface area contributed by atoms with E-state index in [2.05, 4.69) is 9.97 Å². The summed E-state index contributed by atoms with van der Waals surface area (Å²) < 4.78 is 48.0. The summed E-state index contributed by atoms with van der Waals surface area (Å²) >= 11 is 6.45. The van der Waals surface area contributed by atoms with Crippen LogP contribution in [0.1, 0.15) is 11.3 Å². The number of benzene rings is 2. The van der Waals surface area contributed by atoms with Gasteiger partial charge in [-0.3, -0.25) is 0 Å². The number of aromatic nitrogens is 2. The van der Waals surface area contributed by atoms with E-state index in [-0.39, 0.29) is 34.5 Å². The first kappa shape index (κ1) is 21.3. The van der Waals surface area contributed by atoms with Crippen LogP contribution in [0.25, 0.3) is 22.4 Å². The van der Waals surface area contributed by atoms with Crippen molar-refractivity contribution in [1.29, 1.82) is 0 Å². The number of anilines is 1. The smallest absolute Gasteiger partial charge is 0.244 e. The van der Waals surface area contributed by atoms with E-state index in [4.69, 9.17) is 22.1 Å². The summed E-state index contributed by atoms with van der Waals surface area (Å²) in [5.74, 6) is -0.407. The molecule has 1 aromatic heterocycles. The summed E-state index contributed by atoms with van der Waals surface area (Å²) in [6, 6.07) is 9.51. The molecule has 0 spiro atoms. The number of nitrogens with two attached hydrogens (primary N) is 1. The van der Waals surface area contributed by atoms with Crippen LogP contribution < -0.4 is 5.73 Å². The Kier molecular flexibility index (Phi) is 5.37. The Hall–Kier alpha value is -2.59. The number of aryl methyl sites for hydroxylation is 2. The van der Waals surface area contributed by atoms with Crippen LogP contribution in [0.15, 0.2) is 41.3 Å². The molecule has 10 heteroatoms. The van der Waals surface area contributed by atoms with Gasteiger partial charge in [-0.2, -0.15) is 4.31 Å². The van der Waals surface area contributed by atoms with Gasteiger partial charge in [0.15, 0.2) is 0 Å². The standard InChI is InChI=1S/C22H20ClFN4O3S/c23-16-11-13-5-6-18-20(21(27-22(25)26-18)14-3-1-2-4-17(14)24)15(13)12-19(16)32(29,30)28-7-9-31-10-8-28/h1-4,11-12H,5-10H2,(H2,25,26,27). The number of morpholine rings is 1. The van der Waals surface area contributed by atoms with Crippen molar-refractivity contribution in [3.05, 3.63) is 58.5 Å². The normalized spacial score (nSPS) is 16.4. The molecule has 2 aromatic carbocycles. The van der Waals surface area contributed by atoms with Crippen molar-refractivity contribution >= 4 is 27.6 Å². The fraction of sp³-hybridized carbons (Fsp3) is 0.273. The summed E-state index contributed by atoms with van der Waals surface area (Å²) in [7, 11) is -3.84. The van der Waals surface area contributed by atoms with Gasteiger partial charge in [-0.1, -0.05) is 23.7 Å². The lowest BCUT2D eigenvalue weighted by atomic mass is 9.86. The zero-order chi connectivity index (χ0) is 22.5. The fourth-order valence-electron chi connectivity index (χ4n) is 4.25. The number of ether oxygens (including phenoxy) is 1. The van der Waals surface area contributed by atoms with E-state index in [0.29, 0.717) is 48.6 Å². The summed E-state index contributed by atoms with van der Waals surface area (Å²) in [5, 5.41) is 0.155. The molecule has 2 aliphatic rings. The number of rotatable bonds is 3. The highest BCUT2D eigenvalue weighted by Gasteiger charge is 2.32. The van der Waals surface area contributed by atoms with Gasteiger partial charge >= 0.3 is 0 Å². The van der Waals surface area contributed by atoms with E-state index in [1.807, 2.05) is 0 Å². The van der Waals surface area contributed by atoms with Crippen LogP contribution in [-0.2, 0) is 27.6 Å². The van der Waals surface area contributed by atoms with Crippen molar-refractivity contribution in [3.8, 4) is 22.4 Å². The topological polar surface area (TPSA) is 98.4 Å². The Morgan fingerprint density at radius 1 is 1.06 bits per heavy atom. The molecule has 32 heavy (non-hydrogen) atoms. The van der Waals surface area contributed by atoms with Crippen LogP contribution in [0.2, 0.25) is 5.02 Å². The van der Waals surface area contributed by atoms with E-state index in [1.54, 1.807) is 30.3 Å². The van der Waals surface area contributed by atoms with Crippen LogP contribution in [-0.4, -0.2) is 49.0 Å². The molecule has 0 bridgehead atoms. The highest BCUT2D eigenvalue weighted by Crippen LogP contribution is 2.43. The summed E-state index contributed by atoms with van der Waals surface area (Å²) in [6.45, 7) is 1.17. The summed E-state index contributed by atoms with van der Waals surface area (Å²) in [5.41, 5.74) is 9.26. The molecule has 166 valence electrons. The van der Waals surface area contributed by atoms with Gasteiger partial charge in [-0.25, -0.2) is 22.8 Å². The van der Waals surface area contributed by atoms with Gasteiger partial charge in [0.2, 0.25) is 16.0 Å². The predicted molar refractivity (Wildman–Crippen MR) is 119 cm³/mol. The highest BCUT2D eigenvalue weighted by molar-refractivity contribution is 7.89. The van der Waals surface area contributed by atoms with Crippen LogP contribution in [0.4, 0.5) is 10.3 Å². The number of sulfonamides is 1. The van der Waals surface area contributed by atoms with Crippen molar-refractivity contribution in [3.63, 3.8) is 0 Å². The van der Waals surface area contributed by atoms with E-state index < -0.39 is 15.8 Å². The molecule has 3 aromatic rings. The van der Waals surface area contributed by atoms with Gasteiger partial charge in [0.1, 0.15) is 10.7 Å². The Morgan fingerprint density at radius 3 is 2.56 bits per heavy atom. The third kappa shape index (κ3) is 3.55. The number of fused-ring (bicyclic) bond motifs is 3. The Balaban J connectivity index is 1.73. The molecule has 1 fully saturated rings. The van der Waals surface area contributed by atoms with Gasteiger partial charge in [0.25, 0.3) is 0 Å². The second-order valence-corrected chi connectivity index (χ2v) is 10.0. The summed E-state index contributed by atoms with van der Waals surface area (Å²) in [6.07, 6.45) is 1.16. The molecular formula is C22H20ClFN4O3S. The number of hydrogen-bond acceptors (Lipinski definition) is 6. The minimum absolute atomic E-state index is 0.00368. The summed E-state index contributed by atoms with van der Waals surface area (Å²) in [4.78, 5) is 8.71. The number of nitrogen functional groups attached to an aromatic ring is 1. The Bertz CT molecular complexity index is 1330. The van der Waals surface area contributed by atoms with Gasteiger partial charge in [-0.15, -0.1) is 0 Å². The molecule has 0 unspecified atom stereocenters. The average molecular weight is 475 g/mol. The maximum absolute atomic E-state index is 14.7. The zero-order valence-electron chi connectivity index (χ0n) is 17.0. The lowest BCUT2D eigenvalue weighted by Crippen LogP contribution is -2.40. The molecule has 7 nitrogen and oxygen atoms in total. The predicted octanol–water partition coefficient (Wildman–Crippen LogP) is 3.30. The van der Waals surface area contributed by atoms with Crippen LogP contribution in [0, 0.1) is 5.82 Å². The molecule has 2 N–H and O–H groups in total. The fourth-order valence-corrected chi connectivity index (χ4v) is 6.21. The van der Waals surface area contributed by atoms with E-state index in [1.165, 1.54) is 10.4 Å². The molecular weight excluding hydrogens is 455 g/mol. The minimum Gasteiger partial charge on any atom is -0.379 e. The molecule has 0 saturated carbocycles. The van der Waals surface area contributed by atoms with Crippen LogP contribution >= 0.6 is 11.6 Å². The Labute approximate surface area is 190 Å². The second kappa shape index (κ2) is 8.08. The average Bonchev–Trinajstić information content (AvgIpc) is 2.78. The minimum atomic E-state index is -3.84. The van der Waals surface area contributed by atoms with E-state index >= 15 is 0 Å². The molecule has 1 saturated heterocycles. The SMILES string of the molecule is Nc1nc2c(c(-c3ccccc3F)n1)-c1cc(S(=O)(=O)N3CCOCC3)c(Cl)cc1CC2. The highest BCUT2D eigenvalue weighted by atomic mass is 35.5. The zero-order valence-corrected chi connectivity index (χ0v) is 18.6. The first-order chi connectivity index (χ1) is 15.4. The molecule has 1 aliphatic carbocycles. The third-order valence-electron chi connectivity index (χ3n) is 5.78. The van der Waals surface area contributed by atoms with Crippen molar-refractivity contribution in [2.75, 3.05) is 32.0 Å². The number of halogens is 2. The third-order valence-corrected chi connectivity index (χ3v) is 8.14. The van der Waals surface area contributed by atoms with Crippen molar-refractivity contribution in [2.24, 2.45) is 0 Å². The van der Waals surface area contributed by atoms with E-state index in [9.17, 15) is 12.8 Å².